The lowest BCUT2D eigenvalue weighted by Crippen LogP contribution is -2.60. The SMILES string of the molecule is C[N+]1(O[N+]2(C)CCCCC2)CCCCC1. The maximum Gasteiger partial charge on any atom is 0.114 e. The topological polar surface area (TPSA) is 9.23 Å². The van der Waals surface area contributed by atoms with Crippen molar-refractivity contribution in [3.63, 3.8) is 0 Å². The first-order chi connectivity index (χ1) is 7.12. The molecule has 0 aromatic carbocycles. The summed E-state index contributed by atoms with van der Waals surface area (Å²) in [5.74, 6) is 0. The Morgan fingerprint density at radius 3 is 1.27 bits per heavy atom. The third-order valence-electron chi connectivity index (χ3n) is 3.92. The van der Waals surface area contributed by atoms with Crippen LogP contribution in [0.15, 0.2) is 0 Å². The molecule has 0 atom stereocenters. The highest BCUT2D eigenvalue weighted by molar-refractivity contribution is 4.48. The fourth-order valence-electron chi connectivity index (χ4n) is 3.00. The van der Waals surface area contributed by atoms with Gasteiger partial charge in [0.15, 0.2) is 0 Å². The zero-order valence-corrected chi connectivity index (χ0v) is 10.4. The number of rotatable bonds is 2. The predicted molar refractivity (Wildman–Crippen MR) is 60.6 cm³/mol. The minimum Gasteiger partial charge on any atom is -0.130 e. The van der Waals surface area contributed by atoms with Gasteiger partial charge in [-0.2, -0.15) is 0 Å². The average Bonchev–Trinajstić information content (AvgIpc) is 2.18. The number of likely N-dealkylation sites (tertiary alicyclic amines) is 2. The van der Waals surface area contributed by atoms with Crippen molar-refractivity contribution in [1.29, 1.82) is 0 Å². The molecule has 2 saturated heterocycles. The fourth-order valence-corrected chi connectivity index (χ4v) is 3.00. The van der Waals surface area contributed by atoms with Gasteiger partial charge < -0.3 is 0 Å². The molecular formula is C12H26N2O+2. The van der Waals surface area contributed by atoms with Crippen LogP contribution in [0.4, 0.5) is 0 Å². The summed E-state index contributed by atoms with van der Waals surface area (Å²) in [4.78, 5) is 6.38. The van der Waals surface area contributed by atoms with Crippen LogP contribution in [0.3, 0.4) is 0 Å². The van der Waals surface area contributed by atoms with Crippen molar-refractivity contribution in [2.75, 3.05) is 40.3 Å². The molecule has 0 saturated carbocycles. The van der Waals surface area contributed by atoms with Crippen LogP contribution in [-0.4, -0.2) is 49.6 Å². The van der Waals surface area contributed by atoms with Crippen molar-refractivity contribution < 1.29 is 14.2 Å². The Morgan fingerprint density at radius 2 is 0.933 bits per heavy atom. The molecule has 0 spiro atoms. The highest BCUT2D eigenvalue weighted by Gasteiger charge is 2.39. The number of hydrogen-bond donors (Lipinski definition) is 0. The van der Waals surface area contributed by atoms with E-state index < -0.39 is 0 Å². The van der Waals surface area contributed by atoms with Crippen molar-refractivity contribution in [2.24, 2.45) is 0 Å². The summed E-state index contributed by atoms with van der Waals surface area (Å²) in [6, 6.07) is 0. The molecule has 0 unspecified atom stereocenters. The number of hydrogen-bond acceptors (Lipinski definition) is 1. The quantitative estimate of drug-likeness (QED) is 0.640. The van der Waals surface area contributed by atoms with Crippen molar-refractivity contribution in [3.8, 4) is 0 Å². The van der Waals surface area contributed by atoms with E-state index in [4.69, 9.17) is 4.94 Å². The number of hydroxylamine groups is 6. The lowest BCUT2D eigenvalue weighted by molar-refractivity contribution is -1.34. The molecule has 2 aliphatic rings. The van der Waals surface area contributed by atoms with Crippen LogP contribution < -0.4 is 0 Å². The summed E-state index contributed by atoms with van der Waals surface area (Å²) < 4.78 is 1.69. The molecule has 2 aliphatic heterocycles. The normalized spacial score (nSPS) is 30.0. The van der Waals surface area contributed by atoms with E-state index in [1.54, 1.807) is 0 Å². The standard InChI is InChI=1S/C12H26N2O/c1-13(9-5-3-6-10-13)15-14(2)11-7-4-8-12-14/h3-12H2,1-2H3/q+2. The smallest absolute Gasteiger partial charge is 0.114 e. The molecule has 2 heterocycles. The second-order valence-corrected chi connectivity index (χ2v) is 5.69. The lowest BCUT2D eigenvalue weighted by Gasteiger charge is -2.41. The van der Waals surface area contributed by atoms with E-state index in [0.717, 1.165) is 9.29 Å². The molecule has 0 aromatic heterocycles. The molecule has 3 heteroatoms. The highest BCUT2D eigenvalue weighted by Crippen LogP contribution is 2.24. The molecule has 0 bridgehead atoms. The molecule has 2 fully saturated rings. The highest BCUT2D eigenvalue weighted by atomic mass is 16.9. The van der Waals surface area contributed by atoms with Crippen molar-refractivity contribution in [1.82, 2.24) is 0 Å². The summed E-state index contributed by atoms with van der Waals surface area (Å²) in [6.07, 6.45) is 8.10. The summed E-state index contributed by atoms with van der Waals surface area (Å²) in [5, 5.41) is 0. The third kappa shape index (κ3) is 2.92. The molecule has 0 N–H and O–H groups in total. The predicted octanol–water partition coefficient (Wildman–Crippen LogP) is 2.09. The van der Waals surface area contributed by atoms with Gasteiger partial charge in [-0.3, -0.25) is 0 Å². The first kappa shape index (κ1) is 11.4. The van der Waals surface area contributed by atoms with E-state index >= 15 is 0 Å². The van der Waals surface area contributed by atoms with Crippen LogP contribution in [0, 0.1) is 0 Å². The molecule has 88 valence electrons. The van der Waals surface area contributed by atoms with Crippen LogP contribution in [0.1, 0.15) is 38.5 Å². The van der Waals surface area contributed by atoms with Gasteiger partial charge in [0, 0.05) is 0 Å². The largest absolute Gasteiger partial charge is 0.130 e. The van der Waals surface area contributed by atoms with Crippen molar-refractivity contribution in [2.45, 2.75) is 38.5 Å². The third-order valence-corrected chi connectivity index (χ3v) is 3.92. The molecule has 3 nitrogen and oxygen atoms in total. The van der Waals surface area contributed by atoms with Crippen molar-refractivity contribution >= 4 is 0 Å². The van der Waals surface area contributed by atoms with Gasteiger partial charge >= 0.3 is 0 Å². The van der Waals surface area contributed by atoms with E-state index in [1.807, 2.05) is 0 Å². The monoisotopic (exact) mass is 214 g/mol. The van der Waals surface area contributed by atoms with Gasteiger partial charge in [0.05, 0.1) is 0 Å². The van der Waals surface area contributed by atoms with Gasteiger partial charge in [-0.25, -0.2) is 0 Å². The first-order valence-electron chi connectivity index (χ1n) is 6.52. The molecule has 0 amide bonds. The number of piperidine rings is 2. The fraction of sp³-hybridized carbons (Fsp3) is 1.00. The Labute approximate surface area is 93.7 Å². The van der Waals surface area contributed by atoms with Gasteiger partial charge in [-0.05, 0) is 43.5 Å². The van der Waals surface area contributed by atoms with E-state index in [0.29, 0.717) is 0 Å². The first-order valence-corrected chi connectivity index (χ1v) is 6.52. The minimum atomic E-state index is 0.844. The maximum atomic E-state index is 6.38. The number of nitrogens with zero attached hydrogens (tertiary/aromatic N) is 2. The molecule has 0 aliphatic carbocycles. The molecule has 15 heavy (non-hydrogen) atoms. The Kier molecular flexibility index (Phi) is 3.33. The summed E-state index contributed by atoms with van der Waals surface area (Å²) >= 11 is 0. The van der Waals surface area contributed by atoms with Gasteiger partial charge in [0.1, 0.15) is 40.3 Å². The maximum absolute atomic E-state index is 6.38. The van der Waals surface area contributed by atoms with Gasteiger partial charge in [-0.1, -0.05) is 0 Å². The molecule has 0 radical (unpaired) electrons. The average molecular weight is 214 g/mol. The van der Waals surface area contributed by atoms with Crippen LogP contribution >= 0.6 is 0 Å². The van der Waals surface area contributed by atoms with Gasteiger partial charge in [-0.15, -0.1) is 9.29 Å². The number of quaternary nitrogens is 2. The van der Waals surface area contributed by atoms with E-state index in [-0.39, 0.29) is 0 Å². The van der Waals surface area contributed by atoms with Crippen LogP contribution in [0.25, 0.3) is 0 Å². The molecule has 2 rings (SSSR count). The van der Waals surface area contributed by atoms with Crippen molar-refractivity contribution in [3.05, 3.63) is 0 Å². The molecule has 0 aromatic rings. The van der Waals surface area contributed by atoms with Crippen LogP contribution in [0.5, 0.6) is 0 Å². The van der Waals surface area contributed by atoms with Gasteiger partial charge in [0.25, 0.3) is 0 Å². The van der Waals surface area contributed by atoms with E-state index in [9.17, 15) is 0 Å². The Hall–Kier alpha value is -0.120. The zero-order valence-electron chi connectivity index (χ0n) is 10.4. The second kappa shape index (κ2) is 4.40. The second-order valence-electron chi connectivity index (χ2n) is 5.69. The Bertz CT molecular complexity index is 184. The minimum absolute atomic E-state index is 0.844. The Balaban J connectivity index is 1.93. The summed E-state index contributed by atoms with van der Waals surface area (Å²) in [6.45, 7) is 4.81. The lowest BCUT2D eigenvalue weighted by atomic mass is 10.1. The zero-order chi connectivity index (χ0) is 10.8. The molecular weight excluding hydrogens is 188 g/mol. The van der Waals surface area contributed by atoms with Gasteiger partial charge in [0.2, 0.25) is 0 Å². The van der Waals surface area contributed by atoms with E-state index in [1.165, 1.54) is 64.7 Å². The summed E-state index contributed by atoms with van der Waals surface area (Å²) in [7, 11) is 4.52. The van der Waals surface area contributed by atoms with E-state index in [2.05, 4.69) is 14.1 Å². The Morgan fingerprint density at radius 1 is 0.600 bits per heavy atom. The summed E-state index contributed by atoms with van der Waals surface area (Å²) in [5.41, 5.74) is 0. The van der Waals surface area contributed by atoms with Crippen LogP contribution in [-0.2, 0) is 4.94 Å². The van der Waals surface area contributed by atoms with Crippen LogP contribution in [0.2, 0.25) is 0 Å².